The number of aromatic nitrogens is 4. The number of rotatable bonds is 7. The van der Waals surface area contributed by atoms with Gasteiger partial charge in [0.1, 0.15) is 12.2 Å². The van der Waals surface area contributed by atoms with Gasteiger partial charge in [0, 0.05) is 25.7 Å². The molecule has 2 aromatic rings. The van der Waals surface area contributed by atoms with Crippen LogP contribution in [0.3, 0.4) is 0 Å². The van der Waals surface area contributed by atoms with E-state index in [9.17, 15) is 0 Å². The largest absolute Gasteiger partial charge is 0.344 e. The Morgan fingerprint density at radius 3 is 3.00 bits per heavy atom. The fraction of sp³-hybridized carbons (Fsp3) is 0.462. The van der Waals surface area contributed by atoms with Gasteiger partial charge in [0.2, 0.25) is 0 Å². The first-order valence-electron chi connectivity index (χ1n) is 6.48. The molecule has 0 aliphatic heterocycles. The number of nitrogens with one attached hydrogen (secondary N) is 2. The molecule has 0 saturated carbocycles. The summed E-state index contributed by atoms with van der Waals surface area (Å²) in [7, 11) is 0. The molecule has 0 unspecified atom stereocenters. The van der Waals surface area contributed by atoms with Crippen molar-refractivity contribution in [2.24, 2.45) is 0 Å². The fourth-order valence-electron chi connectivity index (χ4n) is 1.76. The van der Waals surface area contributed by atoms with Gasteiger partial charge in [-0.25, -0.2) is 15.0 Å². The van der Waals surface area contributed by atoms with E-state index in [0.717, 1.165) is 36.5 Å². The SMILES string of the molecule is CCCCc1nc(Cl)c(CNCc2ccncn2)[nH]1. The summed E-state index contributed by atoms with van der Waals surface area (Å²) in [5, 5.41) is 3.84. The minimum atomic E-state index is 0.557. The highest BCUT2D eigenvalue weighted by molar-refractivity contribution is 6.30. The van der Waals surface area contributed by atoms with Gasteiger partial charge in [-0.05, 0) is 12.5 Å². The summed E-state index contributed by atoms with van der Waals surface area (Å²) in [6.07, 6.45) is 6.50. The Kier molecular flexibility index (Phi) is 5.30. The van der Waals surface area contributed by atoms with E-state index in [4.69, 9.17) is 11.6 Å². The van der Waals surface area contributed by atoms with Crippen molar-refractivity contribution in [3.63, 3.8) is 0 Å². The molecular formula is C13H18ClN5. The second-order valence-electron chi connectivity index (χ2n) is 4.36. The first-order chi connectivity index (χ1) is 9.29. The Hall–Kier alpha value is -1.46. The molecule has 0 radical (unpaired) electrons. The molecule has 0 spiro atoms. The van der Waals surface area contributed by atoms with Crippen LogP contribution in [0.4, 0.5) is 0 Å². The number of unbranched alkanes of at least 4 members (excludes halogenated alkanes) is 1. The number of aryl methyl sites for hydroxylation is 1. The van der Waals surface area contributed by atoms with Crippen molar-refractivity contribution >= 4 is 11.6 Å². The second-order valence-corrected chi connectivity index (χ2v) is 4.72. The van der Waals surface area contributed by atoms with E-state index < -0.39 is 0 Å². The number of halogens is 1. The number of hydrogen-bond donors (Lipinski definition) is 2. The van der Waals surface area contributed by atoms with Crippen molar-refractivity contribution in [2.75, 3.05) is 0 Å². The van der Waals surface area contributed by atoms with Crippen LogP contribution < -0.4 is 5.32 Å². The topological polar surface area (TPSA) is 66.5 Å². The van der Waals surface area contributed by atoms with Crippen molar-refractivity contribution in [3.05, 3.63) is 41.0 Å². The van der Waals surface area contributed by atoms with Crippen molar-refractivity contribution in [1.29, 1.82) is 0 Å². The molecular weight excluding hydrogens is 262 g/mol. The minimum Gasteiger partial charge on any atom is -0.344 e. The predicted molar refractivity (Wildman–Crippen MR) is 74.8 cm³/mol. The van der Waals surface area contributed by atoms with Crippen LogP contribution in [0.25, 0.3) is 0 Å². The van der Waals surface area contributed by atoms with Gasteiger partial charge in [0.05, 0.1) is 11.4 Å². The van der Waals surface area contributed by atoms with E-state index in [0.29, 0.717) is 18.2 Å². The molecule has 2 N–H and O–H groups in total. The van der Waals surface area contributed by atoms with Crippen LogP contribution in [0.15, 0.2) is 18.6 Å². The van der Waals surface area contributed by atoms with Crippen molar-refractivity contribution in [3.8, 4) is 0 Å². The third-order valence-corrected chi connectivity index (χ3v) is 3.11. The molecule has 0 amide bonds. The number of hydrogen-bond acceptors (Lipinski definition) is 4. The zero-order valence-corrected chi connectivity index (χ0v) is 11.7. The summed E-state index contributed by atoms with van der Waals surface area (Å²) in [4.78, 5) is 15.6. The number of aromatic amines is 1. The van der Waals surface area contributed by atoms with Crippen LogP contribution in [-0.2, 0) is 19.5 Å². The standard InChI is InChI=1S/C13H18ClN5/c1-2-3-4-12-18-11(13(14)19-12)8-16-7-10-5-6-15-9-17-10/h5-6,9,16H,2-4,7-8H2,1H3,(H,18,19). The predicted octanol–water partition coefficient (Wildman–Crippen LogP) is 2.49. The van der Waals surface area contributed by atoms with Gasteiger partial charge in [-0.3, -0.25) is 0 Å². The van der Waals surface area contributed by atoms with Crippen LogP contribution in [0, 0.1) is 0 Å². The molecule has 2 heterocycles. The monoisotopic (exact) mass is 279 g/mol. The summed E-state index contributed by atoms with van der Waals surface area (Å²) in [5.74, 6) is 0.964. The second kappa shape index (κ2) is 7.21. The Balaban J connectivity index is 1.84. The van der Waals surface area contributed by atoms with Crippen molar-refractivity contribution < 1.29 is 0 Å². The zero-order chi connectivity index (χ0) is 13.5. The van der Waals surface area contributed by atoms with Crippen LogP contribution in [0.2, 0.25) is 5.15 Å². The Labute approximate surface area is 117 Å². The molecule has 102 valence electrons. The summed E-state index contributed by atoms with van der Waals surface area (Å²) in [5.41, 5.74) is 1.89. The van der Waals surface area contributed by atoms with Gasteiger partial charge in [-0.2, -0.15) is 0 Å². The van der Waals surface area contributed by atoms with E-state index in [1.54, 1.807) is 12.5 Å². The quantitative estimate of drug-likeness (QED) is 0.817. The molecule has 0 atom stereocenters. The Morgan fingerprint density at radius 2 is 2.26 bits per heavy atom. The number of imidazole rings is 1. The zero-order valence-electron chi connectivity index (χ0n) is 11.0. The maximum atomic E-state index is 6.10. The van der Waals surface area contributed by atoms with Crippen molar-refractivity contribution in [1.82, 2.24) is 25.3 Å². The molecule has 5 nitrogen and oxygen atoms in total. The molecule has 0 fully saturated rings. The van der Waals surface area contributed by atoms with Gasteiger partial charge < -0.3 is 10.3 Å². The van der Waals surface area contributed by atoms with Crippen LogP contribution >= 0.6 is 11.6 Å². The molecule has 2 aromatic heterocycles. The highest BCUT2D eigenvalue weighted by Gasteiger charge is 2.07. The molecule has 0 aromatic carbocycles. The van der Waals surface area contributed by atoms with Gasteiger partial charge in [0.15, 0.2) is 5.15 Å². The Morgan fingerprint density at radius 1 is 1.37 bits per heavy atom. The highest BCUT2D eigenvalue weighted by atomic mass is 35.5. The lowest BCUT2D eigenvalue weighted by Gasteiger charge is -2.02. The van der Waals surface area contributed by atoms with Crippen molar-refractivity contribution in [2.45, 2.75) is 39.3 Å². The summed E-state index contributed by atoms with van der Waals surface area (Å²) >= 11 is 6.10. The molecule has 0 aliphatic rings. The normalized spacial score (nSPS) is 10.8. The summed E-state index contributed by atoms with van der Waals surface area (Å²) in [6.45, 7) is 3.50. The maximum absolute atomic E-state index is 6.10. The van der Waals surface area contributed by atoms with E-state index in [1.165, 1.54) is 0 Å². The lowest BCUT2D eigenvalue weighted by molar-refractivity contribution is 0.665. The van der Waals surface area contributed by atoms with E-state index in [1.807, 2.05) is 6.07 Å². The first kappa shape index (κ1) is 14.0. The number of nitrogens with zero attached hydrogens (tertiary/aromatic N) is 3. The fourth-order valence-corrected chi connectivity index (χ4v) is 1.97. The molecule has 0 saturated heterocycles. The third-order valence-electron chi connectivity index (χ3n) is 2.80. The van der Waals surface area contributed by atoms with Gasteiger partial charge >= 0.3 is 0 Å². The van der Waals surface area contributed by atoms with E-state index in [2.05, 4.69) is 32.2 Å². The molecule has 6 heteroatoms. The number of H-pyrrole nitrogens is 1. The molecule has 0 aliphatic carbocycles. The van der Waals surface area contributed by atoms with Gasteiger partial charge in [0.25, 0.3) is 0 Å². The summed E-state index contributed by atoms with van der Waals surface area (Å²) in [6, 6.07) is 1.88. The molecule has 19 heavy (non-hydrogen) atoms. The highest BCUT2D eigenvalue weighted by Crippen LogP contribution is 2.14. The van der Waals surface area contributed by atoms with Crippen LogP contribution in [0.1, 0.15) is 37.0 Å². The Bertz CT molecular complexity index is 497. The van der Waals surface area contributed by atoms with Gasteiger partial charge in [-0.15, -0.1) is 0 Å². The lowest BCUT2D eigenvalue weighted by Crippen LogP contribution is -2.14. The summed E-state index contributed by atoms with van der Waals surface area (Å²) < 4.78 is 0. The average molecular weight is 280 g/mol. The van der Waals surface area contributed by atoms with Crippen LogP contribution in [-0.4, -0.2) is 19.9 Å². The lowest BCUT2D eigenvalue weighted by atomic mass is 10.2. The van der Waals surface area contributed by atoms with Crippen LogP contribution in [0.5, 0.6) is 0 Å². The minimum absolute atomic E-state index is 0.557. The van der Waals surface area contributed by atoms with E-state index >= 15 is 0 Å². The smallest absolute Gasteiger partial charge is 0.151 e. The first-order valence-corrected chi connectivity index (χ1v) is 6.86. The van der Waals surface area contributed by atoms with Gasteiger partial charge in [-0.1, -0.05) is 24.9 Å². The molecule has 0 bridgehead atoms. The third kappa shape index (κ3) is 4.29. The molecule has 2 rings (SSSR count). The maximum Gasteiger partial charge on any atom is 0.151 e. The van der Waals surface area contributed by atoms with E-state index in [-0.39, 0.29) is 0 Å². The average Bonchev–Trinajstić information content (AvgIpc) is 2.78.